The van der Waals surface area contributed by atoms with E-state index in [4.69, 9.17) is 5.73 Å². The highest BCUT2D eigenvalue weighted by molar-refractivity contribution is 5.64. The van der Waals surface area contributed by atoms with Crippen LogP contribution in [0.4, 0.5) is 10.1 Å². The lowest BCUT2D eigenvalue weighted by Crippen LogP contribution is -1.98. The van der Waals surface area contributed by atoms with Crippen molar-refractivity contribution in [1.82, 2.24) is 0 Å². The maximum absolute atomic E-state index is 13.4. The number of halogens is 1. The quantitative estimate of drug-likeness (QED) is 0.748. The Morgan fingerprint density at radius 2 is 2.13 bits per heavy atom. The molecule has 0 atom stereocenters. The molecular formula is C13H17FN. The monoisotopic (exact) mass is 206 g/mol. The average molecular weight is 206 g/mol. The number of benzene rings is 1. The number of aryl methyl sites for hydroxylation is 1. The summed E-state index contributed by atoms with van der Waals surface area (Å²) in [5.74, 6) is 0.989. The number of anilines is 1. The molecule has 2 N–H and O–H groups in total. The van der Waals surface area contributed by atoms with Gasteiger partial charge in [0.2, 0.25) is 0 Å². The van der Waals surface area contributed by atoms with Gasteiger partial charge in [-0.1, -0.05) is 26.5 Å². The number of hydrogen-bond acceptors (Lipinski definition) is 1. The fraction of sp³-hybridized carbons (Fsp3) is 0.308. The predicted octanol–water partition coefficient (Wildman–Crippen LogP) is 3.60. The summed E-state index contributed by atoms with van der Waals surface area (Å²) in [6.07, 6.45) is 3.41. The fourth-order valence-electron chi connectivity index (χ4n) is 1.41. The smallest absolute Gasteiger partial charge is 0.146 e. The maximum atomic E-state index is 13.4. The highest BCUT2D eigenvalue weighted by Crippen LogP contribution is 2.21. The summed E-state index contributed by atoms with van der Waals surface area (Å²) in [7, 11) is 0. The number of rotatable bonds is 4. The topological polar surface area (TPSA) is 26.0 Å². The van der Waals surface area contributed by atoms with Crippen molar-refractivity contribution in [2.24, 2.45) is 0 Å². The molecule has 0 aliphatic heterocycles. The van der Waals surface area contributed by atoms with E-state index in [0.29, 0.717) is 5.56 Å². The van der Waals surface area contributed by atoms with E-state index in [-0.39, 0.29) is 11.5 Å². The van der Waals surface area contributed by atoms with Gasteiger partial charge < -0.3 is 5.73 Å². The van der Waals surface area contributed by atoms with Crippen molar-refractivity contribution in [2.75, 3.05) is 5.73 Å². The number of hydrogen-bond donors (Lipinski definition) is 1. The molecule has 0 unspecified atom stereocenters. The van der Waals surface area contributed by atoms with Crippen LogP contribution in [-0.2, 0) is 6.42 Å². The second kappa shape index (κ2) is 4.96. The molecule has 0 amide bonds. The fourth-order valence-corrected chi connectivity index (χ4v) is 1.41. The minimum Gasteiger partial charge on any atom is -0.396 e. The van der Waals surface area contributed by atoms with Crippen molar-refractivity contribution < 1.29 is 4.39 Å². The van der Waals surface area contributed by atoms with Crippen molar-refractivity contribution in [1.29, 1.82) is 0 Å². The molecule has 1 aromatic carbocycles. The van der Waals surface area contributed by atoms with Gasteiger partial charge in [-0.2, -0.15) is 0 Å². The predicted molar refractivity (Wildman–Crippen MR) is 63.8 cm³/mol. The summed E-state index contributed by atoms with van der Waals surface area (Å²) in [6, 6.07) is 3.40. The van der Waals surface area contributed by atoms with Gasteiger partial charge in [0.1, 0.15) is 5.82 Å². The molecule has 0 heterocycles. The average Bonchev–Trinajstić information content (AvgIpc) is 2.19. The SMILES string of the molecule is C=Cc1cc(CC[C](C)C)cc(F)c1N. The second-order valence-electron chi connectivity index (χ2n) is 3.99. The van der Waals surface area contributed by atoms with E-state index < -0.39 is 0 Å². The van der Waals surface area contributed by atoms with Crippen LogP contribution in [0.2, 0.25) is 0 Å². The Balaban J connectivity index is 2.90. The largest absolute Gasteiger partial charge is 0.396 e. The van der Waals surface area contributed by atoms with Crippen LogP contribution in [0.1, 0.15) is 31.4 Å². The minimum absolute atomic E-state index is 0.186. The Morgan fingerprint density at radius 1 is 1.47 bits per heavy atom. The summed E-state index contributed by atoms with van der Waals surface area (Å²) >= 11 is 0. The normalized spacial score (nSPS) is 10.7. The van der Waals surface area contributed by atoms with Gasteiger partial charge in [0, 0.05) is 5.56 Å². The zero-order chi connectivity index (χ0) is 11.4. The molecule has 0 aliphatic rings. The Morgan fingerprint density at radius 3 is 2.67 bits per heavy atom. The molecule has 0 aromatic heterocycles. The van der Waals surface area contributed by atoms with Crippen molar-refractivity contribution >= 4 is 11.8 Å². The molecule has 0 aliphatic carbocycles. The van der Waals surface area contributed by atoms with Gasteiger partial charge in [-0.3, -0.25) is 0 Å². The van der Waals surface area contributed by atoms with Gasteiger partial charge >= 0.3 is 0 Å². The Hall–Kier alpha value is -1.31. The lowest BCUT2D eigenvalue weighted by molar-refractivity contribution is 0.629. The highest BCUT2D eigenvalue weighted by atomic mass is 19.1. The van der Waals surface area contributed by atoms with Crippen molar-refractivity contribution in [3.05, 3.63) is 41.6 Å². The first-order valence-electron chi connectivity index (χ1n) is 5.04. The van der Waals surface area contributed by atoms with Gasteiger partial charge in [0.15, 0.2) is 0 Å². The van der Waals surface area contributed by atoms with Crippen LogP contribution in [0.25, 0.3) is 6.08 Å². The second-order valence-corrected chi connectivity index (χ2v) is 3.99. The zero-order valence-electron chi connectivity index (χ0n) is 9.31. The summed E-state index contributed by atoms with van der Waals surface area (Å²) in [5, 5.41) is 0. The van der Waals surface area contributed by atoms with Crippen LogP contribution in [0.3, 0.4) is 0 Å². The summed E-state index contributed by atoms with van der Waals surface area (Å²) in [4.78, 5) is 0. The first kappa shape index (κ1) is 11.8. The molecule has 0 fully saturated rings. The van der Waals surface area contributed by atoms with Crippen molar-refractivity contribution in [2.45, 2.75) is 26.7 Å². The summed E-state index contributed by atoms with van der Waals surface area (Å²) in [5.41, 5.74) is 7.40. The molecule has 0 bridgehead atoms. The molecule has 0 saturated heterocycles. The molecule has 15 heavy (non-hydrogen) atoms. The first-order chi connectivity index (χ1) is 7.04. The lowest BCUT2D eigenvalue weighted by atomic mass is 10.00. The van der Waals surface area contributed by atoms with Crippen LogP contribution in [-0.4, -0.2) is 0 Å². The molecular weight excluding hydrogens is 189 g/mol. The molecule has 1 aromatic rings. The van der Waals surface area contributed by atoms with Crippen molar-refractivity contribution in [3.8, 4) is 0 Å². The standard InChI is InChI=1S/C13H17FN/c1-4-11-7-10(6-5-9(2)3)8-12(14)13(11)15/h4,7-8H,1,5-6,15H2,2-3H3. The Kier molecular flexibility index (Phi) is 3.89. The van der Waals surface area contributed by atoms with Crippen LogP contribution in [0, 0.1) is 11.7 Å². The zero-order valence-corrected chi connectivity index (χ0v) is 9.31. The Labute approximate surface area is 90.8 Å². The molecule has 81 valence electrons. The van der Waals surface area contributed by atoms with Crippen LogP contribution in [0.15, 0.2) is 18.7 Å². The Bertz CT molecular complexity index is 356. The van der Waals surface area contributed by atoms with Gasteiger partial charge in [-0.15, -0.1) is 0 Å². The number of nitrogen functional groups attached to an aromatic ring is 1. The third-order valence-electron chi connectivity index (χ3n) is 2.35. The van der Waals surface area contributed by atoms with E-state index >= 15 is 0 Å². The van der Waals surface area contributed by atoms with Gasteiger partial charge in [-0.05, 0) is 36.5 Å². The van der Waals surface area contributed by atoms with Gasteiger partial charge in [0.25, 0.3) is 0 Å². The molecule has 1 rings (SSSR count). The van der Waals surface area contributed by atoms with E-state index in [9.17, 15) is 4.39 Å². The van der Waals surface area contributed by atoms with E-state index in [1.54, 1.807) is 6.08 Å². The highest BCUT2D eigenvalue weighted by Gasteiger charge is 2.06. The van der Waals surface area contributed by atoms with Crippen LogP contribution in [0.5, 0.6) is 0 Å². The minimum atomic E-state index is -0.351. The maximum Gasteiger partial charge on any atom is 0.146 e. The van der Waals surface area contributed by atoms with Crippen LogP contribution < -0.4 is 5.73 Å². The lowest BCUT2D eigenvalue weighted by Gasteiger charge is -2.08. The number of nitrogens with two attached hydrogens (primary N) is 1. The summed E-state index contributed by atoms with van der Waals surface area (Å²) in [6.45, 7) is 7.76. The van der Waals surface area contributed by atoms with E-state index in [0.717, 1.165) is 18.4 Å². The van der Waals surface area contributed by atoms with E-state index in [2.05, 4.69) is 20.4 Å². The third kappa shape index (κ3) is 3.08. The molecule has 1 nitrogen and oxygen atoms in total. The first-order valence-corrected chi connectivity index (χ1v) is 5.04. The third-order valence-corrected chi connectivity index (χ3v) is 2.35. The van der Waals surface area contributed by atoms with Crippen LogP contribution >= 0.6 is 0 Å². The summed E-state index contributed by atoms with van der Waals surface area (Å²) < 4.78 is 13.4. The molecule has 1 radical (unpaired) electrons. The molecule has 0 saturated carbocycles. The van der Waals surface area contributed by atoms with Gasteiger partial charge in [0.05, 0.1) is 5.69 Å². The van der Waals surface area contributed by atoms with Crippen molar-refractivity contribution in [3.63, 3.8) is 0 Å². The molecule has 2 heteroatoms. The van der Waals surface area contributed by atoms with Gasteiger partial charge in [-0.25, -0.2) is 4.39 Å². The van der Waals surface area contributed by atoms with E-state index in [1.807, 2.05) is 6.07 Å². The van der Waals surface area contributed by atoms with E-state index in [1.165, 1.54) is 12.0 Å². The molecule has 0 spiro atoms.